The molecule has 126 valence electrons. The highest BCUT2D eigenvalue weighted by molar-refractivity contribution is 5.91. The molecule has 0 aromatic rings. The number of hydrogen-bond donors (Lipinski definition) is 0. The van der Waals surface area contributed by atoms with Crippen LogP contribution in [0.2, 0.25) is 0 Å². The Bertz CT molecular complexity index is 362. The molecule has 1 fully saturated rings. The predicted octanol–water partition coefficient (Wildman–Crippen LogP) is 1.40. The van der Waals surface area contributed by atoms with E-state index in [2.05, 4.69) is 4.90 Å². The van der Waals surface area contributed by atoms with E-state index in [4.69, 9.17) is 14.2 Å². The van der Waals surface area contributed by atoms with Crippen molar-refractivity contribution in [2.75, 3.05) is 46.1 Å². The SMILES string of the molecule is CC(C)COC(=O)/C=C/C(=O)OCCCCN1CCOCC1. The second-order valence-electron chi connectivity index (χ2n) is 5.69. The lowest BCUT2D eigenvalue weighted by atomic mass is 10.2. The zero-order valence-electron chi connectivity index (χ0n) is 13.6. The molecule has 1 saturated heterocycles. The van der Waals surface area contributed by atoms with Crippen LogP contribution in [0, 0.1) is 5.92 Å². The molecule has 0 aliphatic carbocycles. The van der Waals surface area contributed by atoms with Crippen LogP contribution in [0.3, 0.4) is 0 Å². The third-order valence-corrected chi connectivity index (χ3v) is 3.13. The van der Waals surface area contributed by atoms with Crippen molar-refractivity contribution in [1.29, 1.82) is 0 Å². The highest BCUT2D eigenvalue weighted by Gasteiger charge is 2.09. The lowest BCUT2D eigenvalue weighted by Gasteiger charge is -2.26. The van der Waals surface area contributed by atoms with Gasteiger partial charge in [-0.25, -0.2) is 9.59 Å². The molecule has 1 rings (SSSR count). The van der Waals surface area contributed by atoms with Crippen molar-refractivity contribution in [3.05, 3.63) is 12.2 Å². The summed E-state index contributed by atoms with van der Waals surface area (Å²) in [4.78, 5) is 25.0. The number of nitrogens with zero attached hydrogens (tertiary/aromatic N) is 1. The Labute approximate surface area is 132 Å². The Morgan fingerprint density at radius 3 is 2.36 bits per heavy atom. The first-order valence-corrected chi connectivity index (χ1v) is 7.89. The normalized spacial score (nSPS) is 16.1. The fourth-order valence-electron chi connectivity index (χ4n) is 1.92. The number of ether oxygens (including phenoxy) is 3. The summed E-state index contributed by atoms with van der Waals surface area (Å²) in [6.07, 6.45) is 4.02. The first kappa shape index (κ1) is 18.6. The zero-order valence-corrected chi connectivity index (χ0v) is 13.6. The Morgan fingerprint density at radius 2 is 1.73 bits per heavy atom. The molecule has 0 spiro atoms. The first-order chi connectivity index (χ1) is 10.6. The summed E-state index contributed by atoms with van der Waals surface area (Å²) < 4.78 is 15.2. The standard InChI is InChI=1S/C16H27NO5/c1-14(2)13-22-16(19)6-5-15(18)21-10-4-3-7-17-8-11-20-12-9-17/h5-6,14H,3-4,7-13H2,1-2H3/b6-5+. The monoisotopic (exact) mass is 313 g/mol. The van der Waals surface area contributed by atoms with Gasteiger partial charge in [0.05, 0.1) is 26.4 Å². The molecule has 0 N–H and O–H groups in total. The van der Waals surface area contributed by atoms with Gasteiger partial charge < -0.3 is 14.2 Å². The van der Waals surface area contributed by atoms with Crippen molar-refractivity contribution < 1.29 is 23.8 Å². The second kappa shape index (κ2) is 11.2. The molecule has 0 saturated carbocycles. The molecule has 0 aromatic heterocycles. The van der Waals surface area contributed by atoms with Crippen LogP contribution in [0.15, 0.2) is 12.2 Å². The Hall–Kier alpha value is -1.40. The number of esters is 2. The fourth-order valence-corrected chi connectivity index (χ4v) is 1.92. The molecule has 0 amide bonds. The van der Waals surface area contributed by atoms with Crippen LogP contribution in [0.25, 0.3) is 0 Å². The average Bonchev–Trinajstić information content (AvgIpc) is 2.51. The van der Waals surface area contributed by atoms with Gasteiger partial charge in [0.25, 0.3) is 0 Å². The summed E-state index contributed by atoms with van der Waals surface area (Å²) >= 11 is 0. The maximum absolute atomic E-state index is 11.4. The maximum atomic E-state index is 11.4. The molecule has 6 heteroatoms. The smallest absolute Gasteiger partial charge is 0.331 e. The van der Waals surface area contributed by atoms with Gasteiger partial charge in [0.15, 0.2) is 0 Å². The van der Waals surface area contributed by atoms with Crippen molar-refractivity contribution >= 4 is 11.9 Å². The molecule has 0 bridgehead atoms. The lowest BCUT2D eigenvalue weighted by molar-refractivity contribution is -0.141. The van der Waals surface area contributed by atoms with Gasteiger partial charge in [-0.1, -0.05) is 13.8 Å². The molecule has 6 nitrogen and oxygen atoms in total. The van der Waals surface area contributed by atoms with Gasteiger partial charge in [0.1, 0.15) is 0 Å². The van der Waals surface area contributed by atoms with Crippen LogP contribution in [0.1, 0.15) is 26.7 Å². The number of hydrogen-bond acceptors (Lipinski definition) is 6. The molecular formula is C16H27NO5. The highest BCUT2D eigenvalue weighted by Crippen LogP contribution is 2.00. The average molecular weight is 313 g/mol. The van der Waals surface area contributed by atoms with Crippen LogP contribution < -0.4 is 0 Å². The van der Waals surface area contributed by atoms with Crippen LogP contribution in [0.5, 0.6) is 0 Å². The van der Waals surface area contributed by atoms with E-state index >= 15 is 0 Å². The number of rotatable bonds is 9. The minimum Gasteiger partial charge on any atom is -0.463 e. The largest absolute Gasteiger partial charge is 0.463 e. The van der Waals surface area contributed by atoms with E-state index in [-0.39, 0.29) is 5.92 Å². The summed E-state index contributed by atoms with van der Waals surface area (Å²) in [5.74, 6) is -0.749. The van der Waals surface area contributed by atoms with Gasteiger partial charge in [-0.15, -0.1) is 0 Å². The first-order valence-electron chi connectivity index (χ1n) is 7.89. The molecule has 0 atom stereocenters. The second-order valence-corrected chi connectivity index (χ2v) is 5.69. The fraction of sp³-hybridized carbons (Fsp3) is 0.750. The van der Waals surface area contributed by atoms with E-state index in [1.807, 2.05) is 13.8 Å². The van der Waals surface area contributed by atoms with Gasteiger partial charge in [0, 0.05) is 25.2 Å². The third kappa shape index (κ3) is 9.52. The molecule has 1 aliphatic heterocycles. The highest BCUT2D eigenvalue weighted by atomic mass is 16.5. The topological polar surface area (TPSA) is 65.1 Å². The molecule has 0 unspecified atom stereocenters. The van der Waals surface area contributed by atoms with E-state index in [9.17, 15) is 9.59 Å². The van der Waals surface area contributed by atoms with Crippen molar-refractivity contribution in [2.24, 2.45) is 5.92 Å². The van der Waals surface area contributed by atoms with Crippen LogP contribution in [-0.2, 0) is 23.8 Å². The molecular weight excluding hydrogens is 286 g/mol. The quantitative estimate of drug-likeness (QED) is 0.364. The molecule has 1 aliphatic rings. The third-order valence-electron chi connectivity index (χ3n) is 3.13. The van der Waals surface area contributed by atoms with Gasteiger partial charge >= 0.3 is 11.9 Å². The molecule has 22 heavy (non-hydrogen) atoms. The molecule has 0 radical (unpaired) electrons. The number of morpholine rings is 1. The number of unbranched alkanes of at least 4 members (excludes halogenated alkanes) is 1. The van der Waals surface area contributed by atoms with Crippen molar-refractivity contribution in [1.82, 2.24) is 4.90 Å². The van der Waals surface area contributed by atoms with E-state index in [1.165, 1.54) is 0 Å². The van der Waals surface area contributed by atoms with Crippen LogP contribution >= 0.6 is 0 Å². The number of carbonyl (C=O) groups excluding carboxylic acids is 2. The number of carbonyl (C=O) groups is 2. The molecule has 1 heterocycles. The van der Waals surface area contributed by atoms with E-state index in [0.29, 0.717) is 13.2 Å². The summed E-state index contributed by atoms with van der Waals surface area (Å²) in [6, 6.07) is 0. The Balaban J connectivity index is 2.01. The van der Waals surface area contributed by atoms with E-state index in [0.717, 1.165) is 57.8 Å². The minimum absolute atomic E-state index is 0.274. The van der Waals surface area contributed by atoms with Crippen LogP contribution in [0.4, 0.5) is 0 Å². The summed E-state index contributed by atoms with van der Waals surface area (Å²) in [5.41, 5.74) is 0. The Kier molecular flexibility index (Phi) is 9.50. The molecule has 0 aromatic carbocycles. The maximum Gasteiger partial charge on any atom is 0.331 e. The van der Waals surface area contributed by atoms with Crippen LogP contribution in [-0.4, -0.2) is 62.9 Å². The Morgan fingerprint density at radius 1 is 1.09 bits per heavy atom. The van der Waals surface area contributed by atoms with Crippen molar-refractivity contribution in [3.8, 4) is 0 Å². The van der Waals surface area contributed by atoms with Crippen molar-refractivity contribution in [3.63, 3.8) is 0 Å². The predicted molar refractivity (Wildman–Crippen MR) is 82.4 cm³/mol. The van der Waals surface area contributed by atoms with Gasteiger partial charge in [-0.3, -0.25) is 4.90 Å². The van der Waals surface area contributed by atoms with Crippen molar-refractivity contribution in [2.45, 2.75) is 26.7 Å². The summed E-state index contributed by atoms with van der Waals surface area (Å²) in [6.45, 7) is 9.15. The van der Waals surface area contributed by atoms with Gasteiger partial charge in [-0.2, -0.15) is 0 Å². The van der Waals surface area contributed by atoms with Gasteiger partial charge in [0.2, 0.25) is 0 Å². The van der Waals surface area contributed by atoms with Gasteiger partial charge in [-0.05, 0) is 25.3 Å². The zero-order chi connectivity index (χ0) is 16.2. The van der Waals surface area contributed by atoms with E-state index < -0.39 is 11.9 Å². The summed E-state index contributed by atoms with van der Waals surface area (Å²) in [7, 11) is 0. The lowest BCUT2D eigenvalue weighted by Crippen LogP contribution is -2.36. The van der Waals surface area contributed by atoms with E-state index in [1.54, 1.807) is 0 Å². The summed E-state index contributed by atoms with van der Waals surface area (Å²) in [5, 5.41) is 0. The minimum atomic E-state index is -0.516.